The number of benzene rings is 3. The van der Waals surface area contributed by atoms with Gasteiger partial charge in [-0.15, -0.1) is 0 Å². The number of ether oxygens (including phenoxy) is 2. The monoisotopic (exact) mass is 346 g/mol. The molecule has 26 heavy (non-hydrogen) atoms. The highest BCUT2D eigenvalue weighted by molar-refractivity contribution is 5.91. The summed E-state index contributed by atoms with van der Waals surface area (Å²) in [6.07, 6.45) is 0. The molecule has 0 aliphatic carbocycles. The fourth-order valence-electron chi connectivity index (χ4n) is 2.55. The predicted octanol–water partition coefficient (Wildman–Crippen LogP) is 5.41. The zero-order valence-corrected chi connectivity index (χ0v) is 15.3. The molecule has 0 saturated heterocycles. The van der Waals surface area contributed by atoms with Crippen molar-refractivity contribution in [2.75, 3.05) is 0 Å². The Labute approximate surface area is 154 Å². The van der Waals surface area contributed by atoms with Crippen molar-refractivity contribution in [3.8, 4) is 11.5 Å². The number of rotatable bonds is 5. The lowest BCUT2D eigenvalue weighted by atomic mass is 10.1. The Hall–Kier alpha value is -3.07. The van der Waals surface area contributed by atoms with E-state index in [1.54, 1.807) is 18.2 Å². The van der Waals surface area contributed by atoms with E-state index >= 15 is 0 Å². The Morgan fingerprint density at radius 1 is 0.808 bits per heavy atom. The van der Waals surface area contributed by atoms with Gasteiger partial charge in [0.25, 0.3) is 0 Å². The van der Waals surface area contributed by atoms with E-state index in [4.69, 9.17) is 9.47 Å². The van der Waals surface area contributed by atoms with Gasteiger partial charge in [0, 0.05) is 0 Å². The van der Waals surface area contributed by atoms with Crippen LogP contribution in [-0.2, 0) is 6.61 Å². The van der Waals surface area contributed by atoms with Crippen LogP contribution in [0.4, 0.5) is 0 Å². The van der Waals surface area contributed by atoms with Crippen molar-refractivity contribution in [3.05, 3.63) is 94.5 Å². The number of hydrogen-bond donors (Lipinski definition) is 0. The van der Waals surface area contributed by atoms with Crippen molar-refractivity contribution in [1.29, 1.82) is 0 Å². The lowest BCUT2D eigenvalue weighted by molar-refractivity contribution is 0.0734. The summed E-state index contributed by atoms with van der Waals surface area (Å²) in [5.41, 5.74) is 4.90. The maximum Gasteiger partial charge on any atom is 0.343 e. The minimum Gasteiger partial charge on any atom is -0.489 e. The van der Waals surface area contributed by atoms with E-state index in [0.29, 0.717) is 17.9 Å². The zero-order valence-electron chi connectivity index (χ0n) is 15.3. The number of carbonyl (C=O) groups excluding carboxylic acids is 1. The van der Waals surface area contributed by atoms with Crippen molar-refractivity contribution in [3.63, 3.8) is 0 Å². The lowest BCUT2D eigenvalue weighted by Gasteiger charge is -2.11. The first-order valence-electron chi connectivity index (χ1n) is 8.59. The Balaban J connectivity index is 1.64. The topological polar surface area (TPSA) is 35.5 Å². The van der Waals surface area contributed by atoms with Crippen LogP contribution < -0.4 is 9.47 Å². The Morgan fingerprint density at radius 3 is 2.04 bits per heavy atom. The average molecular weight is 346 g/mol. The molecule has 0 aliphatic heterocycles. The highest BCUT2D eigenvalue weighted by atomic mass is 16.5. The molecule has 0 amide bonds. The maximum absolute atomic E-state index is 12.2. The lowest BCUT2D eigenvalue weighted by Crippen LogP contribution is -2.08. The second kappa shape index (κ2) is 7.87. The van der Waals surface area contributed by atoms with E-state index in [1.165, 1.54) is 5.56 Å². The molecule has 3 heteroatoms. The summed E-state index contributed by atoms with van der Waals surface area (Å²) < 4.78 is 11.3. The first kappa shape index (κ1) is 17.7. The van der Waals surface area contributed by atoms with Gasteiger partial charge in [0.2, 0.25) is 0 Å². The molecule has 3 aromatic rings. The van der Waals surface area contributed by atoms with Gasteiger partial charge < -0.3 is 9.47 Å². The van der Waals surface area contributed by atoms with Gasteiger partial charge in [0.1, 0.15) is 18.1 Å². The summed E-state index contributed by atoms with van der Waals surface area (Å²) >= 11 is 0. The van der Waals surface area contributed by atoms with Gasteiger partial charge >= 0.3 is 5.97 Å². The number of carbonyl (C=O) groups is 1. The SMILES string of the molecule is Cc1ccc(COc2ccc(OC(=O)c3ccc(C)cc3)cc2C)cc1. The van der Waals surface area contributed by atoms with Gasteiger partial charge in [-0.05, 0) is 62.2 Å². The minimum atomic E-state index is -0.363. The quantitative estimate of drug-likeness (QED) is 0.458. The molecular weight excluding hydrogens is 324 g/mol. The standard InChI is InChI=1S/C23H22O3/c1-16-4-8-19(9-5-16)15-25-22-13-12-21(14-18(22)3)26-23(24)20-10-6-17(2)7-11-20/h4-14H,15H2,1-3H3. The summed E-state index contributed by atoms with van der Waals surface area (Å²) in [6, 6.07) is 21.0. The van der Waals surface area contributed by atoms with Crippen LogP contribution in [0.25, 0.3) is 0 Å². The fraction of sp³-hybridized carbons (Fsp3) is 0.174. The maximum atomic E-state index is 12.2. The first-order chi connectivity index (χ1) is 12.5. The van der Waals surface area contributed by atoms with Gasteiger partial charge in [-0.1, -0.05) is 47.5 Å². The van der Waals surface area contributed by atoms with Gasteiger partial charge in [0.15, 0.2) is 0 Å². The van der Waals surface area contributed by atoms with Gasteiger partial charge in [-0.25, -0.2) is 4.79 Å². The molecule has 0 unspecified atom stereocenters. The summed E-state index contributed by atoms with van der Waals surface area (Å²) in [4.78, 5) is 12.2. The molecule has 0 bridgehead atoms. The molecule has 0 heterocycles. The molecule has 0 saturated carbocycles. The molecule has 0 atom stereocenters. The highest BCUT2D eigenvalue weighted by Crippen LogP contribution is 2.25. The van der Waals surface area contributed by atoms with Crippen molar-refractivity contribution >= 4 is 5.97 Å². The van der Waals surface area contributed by atoms with Crippen molar-refractivity contribution < 1.29 is 14.3 Å². The number of aryl methyl sites for hydroxylation is 3. The summed E-state index contributed by atoms with van der Waals surface area (Å²) in [7, 11) is 0. The van der Waals surface area contributed by atoms with Crippen LogP contribution in [0, 0.1) is 20.8 Å². The van der Waals surface area contributed by atoms with Crippen LogP contribution >= 0.6 is 0 Å². The highest BCUT2D eigenvalue weighted by Gasteiger charge is 2.10. The molecule has 0 aliphatic rings. The smallest absolute Gasteiger partial charge is 0.343 e. The van der Waals surface area contributed by atoms with Crippen LogP contribution in [0.5, 0.6) is 11.5 Å². The largest absolute Gasteiger partial charge is 0.489 e. The summed E-state index contributed by atoms with van der Waals surface area (Å²) in [6.45, 7) is 6.48. The summed E-state index contributed by atoms with van der Waals surface area (Å²) in [5.74, 6) is 0.925. The van der Waals surface area contributed by atoms with Crippen molar-refractivity contribution in [2.45, 2.75) is 27.4 Å². The van der Waals surface area contributed by atoms with E-state index < -0.39 is 0 Å². The van der Waals surface area contributed by atoms with E-state index in [0.717, 1.165) is 22.4 Å². The van der Waals surface area contributed by atoms with E-state index in [-0.39, 0.29) is 5.97 Å². The van der Waals surface area contributed by atoms with E-state index in [2.05, 4.69) is 31.2 Å². The molecular formula is C23H22O3. The second-order valence-electron chi connectivity index (χ2n) is 6.46. The van der Waals surface area contributed by atoms with E-state index in [9.17, 15) is 4.79 Å². The third-order valence-electron chi connectivity index (χ3n) is 4.16. The number of hydrogen-bond acceptors (Lipinski definition) is 3. The van der Waals surface area contributed by atoms with Crippen molar-refractivity contribution in [2.24, 2.45) is 0 Å². The van der Waals surface area contributed by atoms with Crippen LogP contribution in [0.15, 0.2) is 66.7 Å². The van der Waals surface area contributed by atoms with Gasteiger partial charge in [-0.2, -0.15) is 0 Å². The second-order valence-corrected chi connectivity index (χ2v) is 6.46. The predicted molar refractivity (Wildman–Crippen MR) is 103 cm³/mol. The molecule has 3 nitrogen and oxygen atoms in total. The van der Waals surface area contributed by atoms with Crippen LogP contribution in [0.2, 0.25) is 0 Å². The van der Waals surface area contributed by atoms with Gasteiger partial charge in [0.05, 0.1) is 5.56 Å². The molecule has 3 aromatic carbocycles. The molecule has 0 spiro atoms. The average Bonchev–Trinajstić information content (AvgIpc) is 2.63. The third-order valence-corrected chi connectivity index (χ3v) is 4.16. The normalized spacial score (nSPS) is 10.4. The third kappa shape index (κ3) is 4.51. The van der Waals surface area contributed by atoms with E-state index in [1.807, 2.05) is 38.1 Å². The summed E-state index contributed by atoms with van der Waals surface area (Å²) in [5, 5.41) is 0. The molecule has 0 N–H and O–H groups in total. The molecule has 3 rings (SSSR count). The molecule has 0 radical (unpaired) electrons. The van der Waals surface area contributed by atoms with Gasteiger partial charge in [-0.3, -0.25) is 0 Å². The first-order valence-corrected chi connectivity index (χ1v) is 8.59. The minimum absolute atomic E-state index is 0.363. The molecule has 132 valence electrons. The van der Waals surface area contributed by atoms with Crippen molar-refractivity contribution in [1.82, 2.24) is 0 Å². The zero-order chi connectivity index (χ0) is 18.5. The number of esters is 1. The Morgan fingerprint density at radius 2 is 1.42 bits per heavy atom. The van der Waals surface area contributed by atoms with Crippen LogP contribution in [0.3, 0.4) is 0 Å². The molecule has 0 aromatic heterocycles. The molecule has 0 fully saturated rings. The Kier molecular flexibility index (Phi) is 5.37. The van der Waals surface area contributed by atoms with Crippen LogP contribution in [-0.4, -0.2) is 5.97 Å². The Bertz CT molecular complexity index is 894. The fourth-order valence-corrected chi connectivity index (χ4v) is 2.55. The van der Waals surface area contributed by atoms with Crippen LogP contribution in [0.1, 0.15) is 32.6 Å².